The number of primary amides is 1. The molecule has 0 unspecified atom stereocenters. The molecule has 0 saturated carbocycles. The first-order chi connectivity index (χ1) is 15.0. The Balaban J connectivity index is 2.20. The van der Waals surface area contributed by atoms with Gasteiger partial charge in [-0.25, -0.2) is 13.4 Å². The van der Waals surface area contributed by atoms with Gasteiger partial charge >= 0.3 is 0 Å². The van der Waals surface area contributed by atoms with Gasteiger partial charge in [-0.15, -0.1) is 0 Å². The fourth-order valence-electron chi connectivity index (χ4n) is 3.47. The number of sulfonamides is 1. The van der Waals surface area contributed by atoms with Crippen molar-refractivity contribution in [3.63, 3.8) is 0 Å². The lowest BCUT2D eigenvalue weighted by molar-refractivity contribution is -0.120. The molecule has 3 aromatic rings. The van der Waals surface area contributed by atoms with Crippen molar-refractivity contribution in [2.45, 2.75) is 26.8 Å². The maximum atomic E-state index is 13.2. The Morgan fingerprint density at radius 2 is 1.81 bits per heavy atom. The maximum absolute atomic E-state index is 13.2. The highest BCUT2D eigenvalue weighted by Crippen LogP contribution is 2.29. The van der Waals surface area contributed by atoms with Gasteiger partial charge < -0.3 is 15.6 Å². The summed E-state index contributed by atoms with van der Waals surface area (Å²) in [6.07, 6.45) is 0. The van der Waals surface area contributed by atoms with Gasteiger partial charge in [0.1, 0.15) is 11.9 Å². The van der Waals surface area contributed by atoms with E-state index in [0.717, 1.165) is 5.56 Å². The third-order valence-corrected chi connectivity index (χ3v) is 6.47. The van der Waals surface area contributed by atoms with E-state index in [4.69, 9.17) is 5.73 Å². The summed E-state index contributed by atoms with van der Waals surface area (Å²) in [7, 11) is -1.80. The second kappa shape index (κ2) is 8.99. The average molecular weight is 458 g/mol. The van der Waals surface area contributed by atoms with Crippen molar-refractivity contribution >= 4 is 38.6 Å². The van der Waals surface area contributed by atoms with Gasteiger partial charge in [0.05, 0.1) is 28.0 Å². The van der Waals surface area contributed by atoms with Gasteiger partial charge in [-0.1, -0.05) is 44.2 Å². The van der Waals surface area contributed by atoms with E-state index in [1.54, 1.807) is 31.5 Å². The number of hydrogen-bond acceptors (Lipinski definition) is 5. The molecule has 0 aliphatic rings. The maximum Gasteiger partial charge on any atom is 0.254 e. The third kappa shape index (κ3) is 4.75. The quantitative estimate of drug-likeness (QED) is 0.477. The summed E-state index contributed by atoms with van der Waals surface area (Å²) in [6.45, 7) is 5.06. The van der Waals surface area contributed by atoms with Crippen LogP contribution in [0.25, 0.3) is 22.4 Å². The molecule has 0 bridgehead atoms. The van der Waals surface area contributed by atoms with Crippen molar-refractivity contribution in [3.05, 3.63) is 48.0 Å². The first-order valence-corrected chi connectivity index (χ1v) is 11.9. The topological polar surface area (TPSA) is 136 Å². The minimum absolute atomic E-state index is 0.124. The summed E-state index contributed by atoms with van der Waals surface area (Å²) < 4.78 is 28.5. The molecular weight excluding hydrogens is 430 g/mol. The van der Waals surface area contributed by atoms with Crippen LogP contribution in [0.2, 0.25) is 0 Å². The van der Waals surface area contributed by atoms with Crippen LogP contribution in [-0.2, 0) is 21.9 Å². The second-order valence-electron chi connectivity index (χ2n) is 7.85. The molecular formula is C22H27N5O4S. The second-order valence-corrected chi connectivity index (χ2v) is 9.87. The normalized spacial score (nSPS) is 12.7. The average Bonchev–Trinajstić information content (AvgIpc) is 3.07. The minimum atomic E-state index is -3.58. The molecule has 0 spiro atoms. The van der Waals surface area contributed by atoms with Gasteiger partial charge in [-0.05, 0) is 25.0 Å². The number of nitrogens with two attached hydrogens (primary N) is 1. The molecule has 1 atom stereocenters. The molecule has 0 fully saturated rings. The predicted molar refractivity (Wildman–Crippen MR) is 125 cm³/mol. The summed E-state index contributed by atoms with van der Waals surface area (Å²) in [6, 6.07) is 11.6. The molecule has 0 saturated heterocycles. The number of carbonyl (C=O) groups excluding carboxylic acids is 2. The van der Waals surface area contributed by atoms with E-state index in [2.05, 4.69) is 15.0 Å². The molecule has 2 amide bonds. The Hall–Kier alpha value is -3.40. The molecule has 0 radical (unpaired) electrons. The molecule has 32 heavy (non-hydrogen) atoms. The van der Waals surface area contributed by atoms with Crippen LogP contribution in [0.5, 0.6) is 0 Å². The Kier molecular flexibility index (Phi) is 6.54. The number of carbonyl (C=O) groups is 2. The molecule has 2 aromatic carbocycles. The molecule has 0 aliphatic carbocycles. The highest BCUT2D eigenvalue weighted by molar-refractivity contribution is 7.92. The number of hydrogen-bond donors (Lipinski definition) is 3. The molecule has 3 rings (SSSR count). The summed E-state index contributed by atoms with van der Waals surface area (Å²) in [4.78, 5) is 29.7. The van der Waals surface area contributed by atoms with Gasteiger partial charge in [-0.2, -0.15) is 0 Å². The Morgan fingerprint density at radius 3 is 2.38 bits per heavy atom. The highest BCUT2D eigenvalue weighted by Gasteiger charge is 2.26. The van der Waals surface area contributed by atoms with Crippen molar-refractivity contribution in [1.29, 1.82) is 0 Å². The van der Waals surface area contributed by atoms with Crippen LogP contribution >= 0.6 is 0 Å². The SMILES string of the molecule is CCS(=O)(=O)Nc1cc(C(=O)N[C@H](C(N)=O)C(C)C)c2c(c1)nc(-c1ccccc1)n2C. The van der Waals surface area contributed by atoms with Crippen LogP contribution < -0.4 is 15.8 Å². The van der Waals surface area contributed by atoms with Crippen molar-refractivity contribution in [1.82, 2.24) is 14.9 Å². The number of imidazole rings is 1. The van der Waals surface area contributed by atoms with Crippen molar-refractivity contribution in [3.8, 4) is 11.4 Å². The van der Waals surface area contributed by atoms with E-state index in [0.29, 0.717) is 16.9 Å². The van der Waals surface area contributed by atoms with Crippen LogP contribution in [0.1, 0.15) is 31.1 Å². The number of nitrogens with one attached hydrogen (secondary N) is 2. The van der Waals surface area contributed by atoms with Gasteiger partial charge in [-0.3, -0.25) is 14.3 Å². The predicted octanol–water partition coefficient (Wildman–Crippen LogP) is 2.24. The molecule has 10 heteroatoms. The van der Waals surface area contributed by atoms with E-state index >= 15 is 0 Å². The van der Waals surface area contributed by atoms with Gasteiger partial charge in [0.15, 0.2) is 0 Å². The van der Waals surface area contributed by atoms with Gasteiger partial charge in [0.2, 0.25) is 15.9 Å². The van der Waals surface area contributed by atoms with Crippen molar-refractivity contribution in [2.75, 3.05) is 10.5 Å². The highest BCUT2D eigenvalue weighted by atomic mass is 32.2. The van der Waals surface area contributed by atoms with Gasteiger partial charge in [0.25, 0.3) is 5.91 Å². The first-order valence-electron chi connectivity index (χ1n) is 10.2. The summed E-state index contributed by atoms with van der Waals surface area (Å²) >= 11 is 0. The van der Waals surface area contributed by atoms with E-state index in [1.165, 1.54) is 13.0 Å². The zero-order valence-electron chi connectivity index (χ0n) is 18.4. The lowest BCUT2D eigenvalue weighted by Crippen LogP contribution is -2.47. The fraction of sp³-hybridized carbons (Fsp3) is 0.318. The van der Waals surface area contributed by atoms with Crippen LogP contribution in [0.3, 0.4) is 0 Å². The Morgan fingerprint density at radius 1 is 1.16 bits per heavy atom. The lowest BCUT2D eigenvalue weighted by atomic mass is 10.0. The number of fused-ring (bicyclic) bond motifs is 1. The zero-order valence-corrected chi connectivity index (χ0v) is 19.2. The number of rotatable bonds is 8. The zero-order chi connectivity index (χ0) is 23.6. The lowest BCUT2D eigenvalue weighted by Gasteiger charge is -2.19. The number of nitrogens with zero attached hydrogens (tertiary/aromatic N) is 2. The number of amides is 2. The van der Waals surface area contributed by atoms with E-state index in [-0.39, 0.29) is 22.9 Å². The molecule has 1 heterocycles. The monoisotopic (exact) mass is 457 g/mol. The van der Waals surface area contributed by atoms with E-state index in [1.807, 2.05) is 30.3 Å². The first kappa shape index (κ1) is 23.3. The van der Waals surface area contributed by atoms with E-state index < -0.39 is 27.9 Å². The number of aryl methyl sites for hydroxylation is 1. The van der Waals surface area contributed by atoms with Crippen molar-refractivity contribution in [2.24, 2.45) is 18.7 Å². The smallest absolute Gasteiger partial charge is 0.254 e. The summed E-state index contributed by atoms with van der Waals surface area (Å²) in [5.41, 5.74) is 7.63. The Labute approximate surface area is 187 Å². The molecule has 4 N–H and O–H groups in total. The molecule has 9 nitrogen and oxygen atoms in total. The molecule has 1 aromatic heterocycles. The van der Waals surface area contributed by atoms with Crippen molar-refractivity contribution < 1.29 is 18.0 Å². The number of aromatic nitrogens is 2. The summed E-state index contributed by atoms with van der Waals surface area (Å²) in [5.74, 6) is -0.933. The molecule has 0 aliphatic heterocycles. The van der Waals surface area contributed by atoms with E-state index in [9.17, 15) is 18.0 Å². The number of anilines is 1. The largest absolute Gasteiger partial charge is 0.368 e. The van der Waals surface area contributed by atoms with Crippen LogP contribution in [0, 0.1) is 5.92 Å². The minimum Gasteiger partial charge on any atom is -0.368 e. The third-order valence-electron chi connectivity index (χ3n) is 5.16. The fourth-order valence-corrected chi connectivity index (χ4v) is 4.09. The standard InChI is InChI=1S/C22H27N5O4S/c1-5-32(30,31)26-15-11-16(22(29)25-18(13(2)3)20(23)28)19-17(12-15)24-21(27(19)4)14-9-7-6-8-10-14/h6-13,18,26H,5H2,1-4H3,(H2,23,28)(H,25,29)/t18-/m0/s1. The van der Waals surface area contributed by atoms with Crippen LogP contribution in [0.15, 0.2) is 42.5 Å². The van der Waals surface area contributed by atoms with Gasteiger partial charge in [0, 0.05) is 12.6 Å². The Bertz CT molecular complexity index is 1270. The number of benzene rings is 2. The molecule has 170 valence electrons. The summed E-state index contributed by atoms with van der Waals surface area (Å²) in [5, 5.41) is 2.67. The van der Waals surface area contributed by atoms with Crippen LogP contribution in [0.4, 0.5) is 5.69 Å². The van der Waals surface area contributed by atoms with Crippen LogP contribution in [-0.4, -0.2) is 41.6 Å².